The number of rotatable bonds is 10. The van der Waals surface area contributed by atoms with Gasteiger partial charge in [-0.05, 0) is 29.8 Å². The van der Waals surface area contributed by atoms with Crippen LogP contribution in [0.2, 0.25) is 0 Å². The van der Waals surface area contributed by atoms with Gasteiger partial charge in [-0.3, -0.25) is 14.4 Å². The average Bonchev–Trinajstić information content (AvgIpc) is 2.88. The Kier molecular flexibility index (Phi) is 9.48. The number of carbonyl (C=O) groups excluding carboxylic acids is 3. The van der Waals surface area contributed by atoms with Crippen LogP contribution in [0, 0.1) is 17.7 Å². The van der Waals surface area contributed by atoms with Crippen LogP contribution in [0.1, 0.15) is 11.5 Å². The van der Waals surface area contributed by atoms with E-state index in [2.05, 4.69) is 9.47 Å². The Labute approximate surface area is 218 Å². The largest absolute Gasteiger partial charge is 0.468 e. The summed E-state index contributed by atoms with van der Waals surface area (Å²) in [6, 6.07) is 7.92. The van der Waals surface area contributed by atoms with E-state index < -0.39 is 76.7 Å². The molecule has 0 fully saturated rings. The summed E-state index contributed by atoms with van der Waals surface area (Å²) in [7, 11) is 0.871. The van der Waals surface area contributed by atoms with Crippen molar-refractivity contribution in [1.29, 1.82) is 0 Å². The van der Waals surface area contributed by atoms with Crippen LogP contribution in [0.5, 0.6) is 5.75 Å². The predicted octanol–water partition coefficient (Wildman–Crippen LogP) is 5.56. The molecule has 2 aromatic carbocycles. The fourth-order valence-electron chi connectivity index (χ4n) is 3.68. The highest BCUT2D eigenvalue weighted by Crippen LogP contribution is 2.58. The zero-order valence-corrected chi connectivity index (χ0v) is 20.2. The summed E-state index contributed by atoms with van der Waals surface area (Å²) < 4.78 is 154. The molecule has 0 aliphatic rings. The molecule has 0 saturated heterocycles. The summed E-state index contributed by atoms with van der Waals surface area (Å²) >= 11 is 0. The number of hydrogen-bond donors (Lipinski definition) is 0. The third kappa shape index (κ3) is 5.99. The van der Waals surface area contributed by atoms with Crippen molar-refractivity contribution in [3.8, 4) is 5.75 Å². The minimum absolute atomic E-state index is 0.436. The first-order chi connectivity index (χ1) is 18.3. The van der Waals surface area contributed by atoms with Crippen LogP contribution in [0.25, 0.3) is 0 Å². The van der Waals surface area contributed by atoms with E-state index in [9.17, 15) is 49.5 Å². The van der Waals surface area contributed by atoms with Crippen molar-refractivity contribution in [2.24, 2.45) is 11.8 Å². The molecule has 0 heterocycles. The molecule has 16 heteroatoms. The van der Waals surface area contributed by atoms with Gasteiger partial charge in [0.1, 0.15) is 11.6 Å². The minimum atomic E-state index is -7.46. The maximum atomic E-state index is 15.6. The van der Waals surface area contributed by atoms with Crippen molar-refractivity contribution in [3.05, 3.63) is 66.0 Å². The maximum Gasteiger partial charge on any atom is 0.460 e. The molecule has 0 aliphatic carbocycles. The number of para-hydroxylation sites is 1. The van der Waals surface area contributed by atoms with Gasteiger partial charge in [0, 0.05) is 0 Å². The Balaban J connectivity index is 2.97. The minimum Gasteiger partial charge on any atom is -0.468 e. The summed E-state index contributed by atoms with van der Waals surface area (Å²) in [6.07, 6.45) is -7.27. The van der Waals surface area contributed by atoms with Crippen molar-refractivity contribution in [2.45, 2.75) is 29.9 Å². The molecular formula is C24H18F10O6. The summed E-state index contributed by atoms with van der Waals surface area (Å²) in [5, 5.41) is 0. The lowest BCUT2D eigenvalue weighted by Crippen LogP contribution is -2.66. The van der Waals surface area contributed by atoms with Gasteiger partial charge in [0.05, 0.1) is 26.1 Å². The molecule has 0 bridgehead atoms. The highest BCUT2D eigenvalue weighted by molar-refractivity contribution is 5.96. The number of benzene rings is 2. The van der Waals surface area contributed by atoms with Gasteiger partial charge in [-0.2, -0.15) is 39.5 Å². The van der Waals surface area contributed by atoms with Crippen LogP contribution in [-0.2, 0) is 23.9 Å². The van der Waals surface area contributed by atoms with E-state index in [0.717, 1.165) is 12.1 Å². The standard InChI is InChI=1S/C24H18F10O6/c1-38-18(35)16(19(36)39-2)17(21(26,27)22(28,29)23(30,31)24(32,33)34)15(12-8-10-13(25)11-9-12)20(37)40-14-6-4-3-5-7-14/h3-11,15-17H,1-2H3. The molecule has 0 radical (unpaired) electrons. The lowest BCUT2D eigenvalue weighted by Gasteiger charge is -2.41. The molecule has 6 nitrogen and oxygen atoms in total. The van der Waals surface area contributed by atoms with Crippen molar-refractivity contribution in [3.63, 3.8) is 0 Å². The Hall–Kier alpha value is -3.85. The molecule has 0 aliphatic heterocycles. The lowest BCUT2D eigenvalue weighted by atomic mass is 9.71. The summed E-state index contributed by atoms with van der Waals surface area (Å²) in [5.41, 5.74) is -0.934. The van der Waals surface area contributed by atoms with Gasteiger partial charge in [0.2, 0.25) is 0 Å². The molecule has 2 aromatic rings. The number of ether oxygens (including phenoxy) is 3. The van der Waals surface area contributed by atoms with E-state index in [-0.39, 0.29) is 0 Å². The third-order valence-electron chi connectivity index (χ3n) is 5.66. The van der Waals surface area contributed by atoms with E-state index in [1.165, 1.54) is 18.2 Å². The van der Waals surface area contributed by atoms with Gasteiger partial charge < -0.3 is 14.2 Å². The number of halogens is 10. The summed E-state index contributed by atoms with van der Waals surface area (Å²) in [4.78, 5) is 38.0. The highest BCUT2D eigenvalue weighted by Gasteiger charge is 2.84. The molecular weight excluding hydrogens is 574 g/mol. The van der Waals surface area contributed by atoms with Gasteiger partial charge in [-0.25, -0.2) is 4.39 Å². The summed E-state index contributed by atoms with van der Waals surface area (Å²) in [5.74, 6) is -40.0. The number of carbonyl (C=O) groups is 3. The van der Waals surface area contributed by atoms with Crippen LogP contribution in [0.3, 0.4) is 0 Å². The van der Waals surface area contributed by atoms with E-state index in [1.54, 1.807) is 0 Å². The lowest BCUT2D eigenvalue weighted by molar-refractivity contribution is -0.404. The quantitative estimate of drug-likeness (QED) is 0.156. The molecule has 0 N–H and O–H groups in total. The van der Waals surface area contributed by atoms with Crippen molar-refractivity contribution in [2.75, 3.05) is 14.2 Å². The fourth-order valence-corrected chi connectivity index (χ4v) is 3.68. The van der Waals surface area contributed by atoms with E-state index in [4.69, 9.17) is 4.74 Å². The molecule has 220 valence electrons. The topological polar surface area (TPSA) is 78.9 Å². The monoisotopic (exact) mass is 592 g/mol. The van der Waals surface area contributed by atoms with Crippen molar-refractivity contribution < 1.29 is 72.5 Å². The van der Waals surface area contributed by atoms with Gasteiger partial charge in [0.15, 0.2) is 5.92 Å². The number of esters is 3. The molecule has 40 heavy (non-hydrogen) atoms. The zero-order chi connectivity index (χ0) is 30.7. The van der Waals surface area contributed by atoms with Gasteiger partial charge in [-0.1, -0.05) is 30.3 Å². The first-order valence-corrected chi connectivity index (χ1v) is 10.7. The average molecular weight is 592 g/mol. The van der Waals surface area contributed by atoms with Crippen molar-refractivity contribution in [1.82, 2.24) is 0 Å². The normalized spacial score (nSPS) is 14.3. The molecule has 2 unspecified atom stereocenters. The molecule has 0 saturated carbocycles. The van der Waals surface area contributed by atoms with Crippen LogP contribution < -0.4 is 4.74 Å². The summed E-state index contributed by atoms with van der Waals surface area (Å²) in [6.45, 7) is 0. The Bertz CT molecular complexity index is 1180. The van der Waals surface area contributed by atoms with Gasteiger partial charge in [-0.15, -0.1) is 0 Å². The smallest absolute Gasteiger partial charge is 0.460 e. The van der Waals surface area contributed by atoms with Crippen molar-refractivity contribution >= 4 is 17.9 Å². The van der Waals surface area contributed by atoms with Gasteiger partial charge in [0.25, 0.3) is 0 Å². The molecule has 0 amide bonds. The molecule has 0 spiro atoms. The second-order valence-electron chi connectivity index (χ2n) is 8.08. The maximum absolute atomic E-state index is 15.6. The van der Waals surface area contributed by atoms with Crippen LogP contribution in [0.15, 0.2) is 54.6 Å². The number of methoxy groups -OCH3 is 2. The molecule has 0 aromatic heterocycles. The SMILES string of the molecule is COC(=O)C(C(=O)OC)C(C(C(=O)Oc1ccccc1)c1ccc(F)cc1)C(F)(F)C(F)(F)C(F)(F)C(F)(F)F. The second-order valence-corrected chi connectivity index (χ2v) is 8.08. The highest BCUT2D eigenvalue weighted by atomic mass is 19.4. The van der Waals surface area contributed by atoms with E-state index >= 15 is 8.78 Å². The fraction of sp³-hybridized carbons (Fsp3) is 0.375. The first kappa shape index (κ1) is 32.4. The van der Waals surface area contributed by atoms with Crippen LogP contribution in [0.4, 0.5) is 43.9 Å². The Morgan fingerprint density at radius 1 is 0.675 bits per heavy atom. The first-order valence-electron chi connectivity index (χ1n) is 10.7. The Morgan fingerprint density at radius 3 is 1.57 bits per heavy atom. The van der Waals surface area contributed by atoms with Gasteiger partial charge >= 0.3 is 41.9 Å². The van der Waals surface area contributed by atoms with Crippen LogP contribution in [-0.4, -0.2) is 56.1 Å². The van der Waals surface area contributed by atoms with E-state index in [0.29, 0.717) is 38.5 Å². The second kappa shape index (κ2) is 11.7. The zero-order valence-electron chi connectivity index (χ0n) is 20.2. The third-order valence-corrected chi connectivity index (χ3v) is 5.66. The molecule has 2 atom stereocenters. The predicted molar refractivity (Wildman–Crippen MR) is 113 cm³/mol. The van der Waals surface area contributed by atoms with E-state index in [1.807, 2.05) is 0 Å². The van der Waals surface area contributed by atoms with Crippen LogP contribution >= 0.6 is 0 Å². The molecule has 2 rings (SSSR count). The number of hydrogen-bond acceptors (Lipinski definition) is 6. The Morgan fingerprint density at radius 2 is 1.15 bits per heavy atom. The number of alkyl halides is 9.